The first-order valence-electron chi connectivity index (χ1n) is 8.24. The molecule has 0 radical (unpaired) electrons. The summed E-state index contributed by atoms with van der Waals surface area (Å²) in [5.74, 6) is -0.241. The van der Waals surface area contributed by atoms with Crippen molar-refractivity contribution in [3.8, 4) is 0 Å². The Hall–Kier alpha value is -2.22. The second-order valence-electron chi connectivity index (χ2n) is 6.57. The van der Waals surface area contributed by atoms with Crippen LogP contribution in [0.5, 0.6) is 0 Å². The Labute approximate surface area is 155 Å². The maximum absolute atomic E-state index is 12.9. The molecule has 2 rings (SSSR count). The van der Waals surface area contributed by atoms with Gasteiger partial charge in [0.25, 0.3) is 5.91 Å². The first-order valence-corrected chi connectivity index (χ1v) is 9.73. The molecule has 26 heavy (non-hydrogen) atoms. The molecule has 0 aliphatic rings. The molecular formula is C19H25N3O3S. The zero-order valence-electron chi connectivity index (χ0n) is 15.5. The van der Waals surface area contributed by atoms with Crippen LogP contribution < -0.4 is 4.72 Å². The molecule has 1 amide bonds. The molecule has 0 fully saturated rings. The number of sulfonamides is 1. The molecular weight excluding hydrogens is 350 g/mol. The lowest BCUT2D eigenvalue weighted by Crippen LogP contribution is -2.35. The van der Waals surface area contributed by atoms with E-state index in [2.05, 4.69) is 4.72 Å². The number of benzene rings is 2. The van der Waals surface area contributed by atoms with Gasteiger partial charge in [0.05, 0.1) is 10.9 Å². The van der Waals surface area contributed by atoms with Gasteiger partial charge in [-0.1, -0.05) is 36.4 Å². The molecule has 0 saturated carbocycles. The monoisotopic (exact) mass is 375 g/mol. The van der Waals surface area contributed by atoms with Crippen molar-refractivity contribution in [2.75, 3.05) is 34.7 Å². The van der Waals surface area contributed by atoms with Crippen molar-refractivity contribution in [3.05, 3.63) is 65.7 Å². The van der Waals surface area contributed by atoms with Gasteiger partial charge in [-0.15, -0.1) is 0 Å². The fraction of sp³-hybridized carbons (Fsp3) is 0.316. The Morgan fingerprint density at radius 2 is 1.65 bits per heavy atom. The lowest BCUT2D eigenvalue weighted by molar-refractivity contribution is 0.0827. The summed E-state index contributed by atoms with van der Waals surface area (Å²) < 4.78 is 28.5. The van der Waals surface area contributed by atoms with E-state index in [1.165, 1.54) is 17.0 Å². The SMILES string of the molecule is CN(C)CC(NS(=O)(=O)c1cccc(C(=O)N(C)C)c1)c1ccccc1. The molecule has 0 heterocycles. The van der Waals surface area contributed by atoms with Crippen molar-refractivity contribution in [3.63, 3.8) is 0 Å². The molecule has 0 spiro atoms. The second-order valence-corrected chi connectivity index (χ2v) is 8.29. The normalized spacial score (nSPS) is 12.8. The highest BCUT2D eigenvalue weighted by Crippen LogP contribution is 2.19. The largest absolute Gasteiger partial charge is 0.345 e. The summed E-state index contributed by atoms with van der Waals surface area (Å²) >= 11 is 0. The average molecular weight is 375 g/mol. The van der Waals surface area contributed by atoms with Gasteiger partial charge >= 0.3 is 0 Å². The minimum absolute atomic E-state index is 0.0740. The smallest absolute Gasteiger partial charge is 0.253 e. The summed E-state index contributed by atoms with van der Waals surface area (Å²) in [6.45, 7) is 0.513. The fourth-order valence-electron chi connectivity index (χ4n) is 2.57. The Morgan fingerprint density at radius 1 is 1.00 bits per heavy atom. The molecule has 0 saturated heterocycles. The van der Waals surface area contributed by atoms with Crippen LogP contribution in [0.15, 0.2) is 59.5 Å². The highest BCUT2D eigenvalue weighted by molar-refractivity contribution is 7.89. The number of amides is 1. The van der Waals surface area contributed by atoms with E-state index >= 15 is 0 Å². The average Bonchev–Trinajstić information content (AvgIpc) is 2.60. The van der Waals surface area contributed by atoms with Gasteiger partial charge in [0.2, 0.25) is 10.0 Å². The first kappa shape index (κ1) is 20.1. The number of carbonyl (C=O) groups is 1. The number of nitrogens with one attached hydrogen (secondary N) is 1. The maximum atomic E-state index is 12.9. The van der Waals surface area contributed by atoms with Crippen molar-refractivity contribution >= 4 is 15.9 Å². The number of rotatable bonds is 7. The summed E-state index contributed by atoms with van der Waals surface area (Å²) in [5.41, 5.74) is 1.21. The number of hydrogen-bond acceptors (Lipinski definition) is 4. The summed E-state index contributed by atoms with van der Waals surface area (Å²) in [6, 6.07) is 15.1. The fourth-order valence-corrected chi connectivity index (χ4v) is 3.83. The molecule has 1 atom stereocenters. The van der Waals surface area contributed by atoms with Crippen LogP contribution in [0.4, 0.5) is 0 Å². The van der Waals surface area contributed by atoms with Gasteiger partial charge in [0.1, 0.15) is 0 Å². The van der Waals surface area contributed by atoms with Crippen LogP contribution in [0.3, 0.4) is 0 Å². The van der Waals surface area contributed by atoms with E-state index in [0.717, 1.165) is 5.56 Å². The van der Waals surface area contributed by atoms with E-state index in [1.54, 1.807) is 26.2 Å². The van der Waals surface area contributed by atoms with Crippen molar-refractivity contribution in [1.82, 2.24) is 14.5 Å². The van der Waals surface area contributed by atoms with Gasteiger partial charge in [0, 0.05) is 26.2 Å². The summed E-state index contributed by atoms with van der Waals surface area (Å²) in [7, 11) is 3.26. The van der Waals surface area contributed by atoms with Crippen LogP contribution in [0.25, 0.3) is 0 Å². The van der Waals surface area contributed by atoms with Gasteiger partial charge in [0.15, 0.2) is 0 Å². The zero-order chi connectivity index (χ0) is 19.3. The van der Waals surface area contributed by atoms with Crippen LogP contribution in [0, 0.1) is 0 Å². The standard InChI is InChI=1S/C19H25N3O3S/c1-21(2)14-18(15-9-6-5-7-10-15)20-26(24,25)17-12-8-11-16(13-17)19(23)22(3)4/h5-13,18,20H,14H2,1-4H3. The van der Waals surface area contributed by atoms with E-state index in [9.17, 15) is 13.2 Å². The maximum Gasteiger partial charge on any atom is 0.253 e. The third kappa shape index (κ3) is 5.14. The second kappa shape index (κ2) is 8.44. The van der Waals surface area contributed by atoms with Gasteiger partial charge in [-0.05, 0) is 37.9 Å². The van der Waals surface area contributed by atoms with Crippen LogP contribution in [0.1, 0.15) is 22.0 Å². The van der Waals surface area contributed by atoms with Gasteiger partial charge in [-0.3, -0.25) is 4.79 Å². The predicted molar refractivity (Wildman–Crippen MR) is 103 cm³/mol. The topological polar surface area (TPSA) is 69.7 Å². The van der Waals surface area contributed by atoms with Crippen molar-refractivity contribution < 1.29 is 13.2 Å². The van der Waals surface area contributed by atoms with Crippen LogP contribution in [-0.2, 0) is 10.0 Å². The molecule has 0 aliphatic carbocycles. The van der Waals surface area contributed by atoms with E-state index in [-0.39, 0.29) is 10.8 Å². The Bertz CT molecular complexity index is 849. The third-order valence-electron chi connectivity index (χ3n) is 3.84. The molecule has 6 nitrogen and oxygen atoms in total. The Morgan fingerprint density at radius 3 is 2.23 bits per heavy atom. The number of hydrogen-bond donors (Lipinski definition) is 1. The molecule has 7 heteroatoms. The molecule has 140 valence electrons. The van der Waals surface area contributed by atoms with Crippen molar-refractivity contribution in [1.29, 1.82) is 0 Å². The van der Waals surface area contributed by atoms with E-state index in [0.29, 0.717) is 12.1 Å². The first-order chi connectivity index (χ1) is 12.2. The van der Waals surface area contributed by atoms with Gasteiger partial charge in [-0.25, -0.2) is 13.1 Å². The molecule has 0 aromatic heterocycles. The lowest BCUT2D eigenvalue weighted by Gasteiger charge is -2.23. The quantitative estimate of drug-likeness (QED) is 0.803. The lowest BCUT2D eigenvalue weighted by atomic mass is 10.1. The summed E-state index contributed by atoms with van der Waals surface area (Å²) in [5, 5.41) is 0. The predicted octanol–water partition coefficient (Wildman–Crippen LogP) is 1.97. The molecule has 1 unspecified atom stereocenters. The van der Waals surface area contributed by atoms with Crippen molar-refractivity contribution in [2.45, 2.75) is 10.9 Å². The molecule has 2 aromatic rings. The minimum atomic E-state index is -3.78. The highest BCUT2D eigenvalue weighted by atomic mass is 32.2. The number of likely N-dealkylation sites (N-methyl/N-ethyl adjacent to an activating group) is 1. The molecule has 0 aliphatic heterocycles. The Kier molecular flexibility index (Phi) is 6.52. The molecule has 2 aromatic carbocycles. The highest BCUT2D eigenvalue weighted by Gasteiger charge is 2.23. The molecule has 1 N–H and O–H groups in total. The zero-order valence-corrected chi connectivity index (χ0v) is 16.3. The van der Waals surface area contributed by atoms with E-state index < -0.39 is 16.1 Å². The number of carbonyl (C=O) groups excluding carboxylic acids is 1. The van der Waals surface area contributed by atoms with E-state index in [4.69, 9.17) is 0 Å². The third-order valence-corrected chi connectivity index (χ3v) is 5.31. The van der Waals surface area contributed by atoms with Crippen LogP contribution in [-0.4, -0.2) is 58.9 Å². The van der Waals surface area contributed by atoms with E-state index in [1.807, 2.05) is 49.3 Å². The van der Waals surface area contributed by atoms with Gasteiger partial charge < -0.3 is 9.80 Å². The number of nitrogens with zero attached hydrogens (tertiary/aromatic N) is 2. The van der Waals surface area contributed by atoms with Crippen LogP contribution in [0.2, 0.25) is 0 Å². The molecule has 0 bridgehead atoms. The van der Waals surface area contributed by atoms with Gasteiger partial charge in [-0.2, -0.15) is 0 Å². The Balaban J connectivity index is 2.33. The van der Waals surface area contributed by atoms with Crippen LogP contribution >= 0.6 is 0 Å². The summed E-state index contributed by atoms with van der Waals surface area (Å²) in [4.78, 5) is 15.5. The minimum Gasteiger partial charge on any atom is -0.345 e. The van der Waals surface area contributed by atoms with Crippen molar-refractivity contribution in [2.24, 2.45) is 0 Å². The summed E-state index contributed by atoms with van der Waals surface area (Å²) in [6.07, 6.45) is 0.